The molecule has 0 spiro atoms. The van der Waals surface area contributed by atoms with Gasteiger partial charge in [-0.05, 0) is 36.4 Å². The molecule has 158 valence electrons. The second kappa shape index (κ2) is 7.98. The SMILES string of the molecule is O=C1/C(=C\c2coc3c(Cl)cc(Cl)cc3c2=O)SC(=S)N1c1cccc(C(F)(F)F)c1. The van der Waals surface area contributed by atoms with Crippen LogP contribution in [0.1, 0.15) is 11.1 Å². The Labute approximate surface area is 192 Å². The minimum Gasteiger partial charge on any atom is -0.462 e. The third kappa shape index (κ3) is 4.10. The van der Waals surface area contributed by atoms with E-state index in [1.54, 1.807) is 0 Å². The summed E-state index contributed by atoms with van der Waals surface area (Å²) in [6.45, 7) is 0. The number of amides is 1. The smallest absolute Gasteiger partial charge is 0.416 e. The predicted molar refractivity (Wildman–Crippen MR) is 120 cm³/mol. The van der Waals surface area contributed by atoms with Crippen LogP contribution >= 0.6 is 47.2 Å². The van der Waals surface area contributed by atoms with Gasteiger partial charge in [0.25, 0.3) is 5.91 Å². The molecule has 3 aromatic rings. The number of alkyl halides is 3. The van der Waals surface area contributed by atoms with E-state index in [1.165, 1.54) is 30.3 Å². The highest BCUT2D eigenvalue weighted by Gasteiger charge is 2.36. The lowest BCUT2D eigenvalue weighted by Gasteiger charge is -2.16. The van der Waals surface area contributed by atoms with E-state index in [0.29, 0.717) is 0 Å². The molecule has 4 rings (SSSR count). The van der Waals surface area contributed by atoms with Crippen molar-refractivity contribution in [1.82, 2.24) is 0 Å². The number of carbonyl (C=O) groups excluding carboxylic acids is 1. The highest BCUT2D eigenvalue weighted by atomic mass is 35.5. The number of fused-ring (bicyclic) bond motifs is 1. The predicted octanol–water partition coefficient (Wildman–Crippen LogP) is 6.52. The number of hydrogen-bond acceptors (Lipinski definition) is 5. The Bertz CT molecular complexity index is 1350. The van der Waals surface area contributed by atoms with Gasteiger partial charge in [0.05, 0.1) is 32.1 Å². The topological polar surface area (TPSA) is 50.5 Å². The van der Waals surface area contributed by atoms with Crippen molar-refractivity contribution in [3.8, 4) is 0 Å². The van der Waals surface area contributed by atoms with Crippen LogP contribution in [0.25, 0.3) is 17.0 Å². The molecule has 1 fully saturated rings. The molecule has 2 aromatic carbocycles. The van der Waals surface area contributed by atoms with Crippen molar-refractivity contribution in [3.63, 3.8) is 0 Å². The third-order valence-corrected chi connectivity index (χ3v) is 6.13. The van der Waals surface area contributed by atoms with Crippen molar-refractivity contribution in [2.24, 2.45) is 0 Å². The van der Waals surface area contributed by atoms with Crippen LogP contribution < -0.4 is 10.3 Å². The Balaban J connectivity index is 1.75. The van der Waals surface area contributed by atoms with Crippen molar-refractivity contribution in [2.45, 2.75) is 6.18 Å². The lowest BCUT2D eigenvalue weighted by molar-refractivity contribution is -0.137. The molecular formula is C20H8Cl2F3NO3S2. The lowest BCUT2D eigenvalue weighted by atomic mass is 10.1. The first kappa shape index (κ1) is 21.9. The van der Waals surface area contributed by atoms with Gasteiger partial charge in [0, 0.05) is 5.02 Å². The van der Waals surface area contributed by atoms with Crippen LogP contribution in [0.3, 0.4) is 0 Å². The standard InChI is InChI=1S/C20H8Cl2F3NO3S2/c21-11-6-13-16(27)9(8-29-17(13)14(22)7-11)4-15-18(28)26(19(30)31-15)12-3-1-2-10(5-12)20(23,24)25/h1-8H/b15-4+. The highest BCUT2D eigenvalue weighted by molar-refractivity contribution is 8.27. The quantitative estimate of drug-likeness (QED) is 0.295. The summed E-state index contributed by atoms with van der Waals surface area (Å²) in [6.07, 6.45) is -2.16. The maximum Gasteiger partial charge on any atom is 0.416 e. The Morgan fingerprint density at radius 2 is 1.87 bits per heavy atom. The van der Waals surface area contributed by atoms with Gasteiger partial charge in [-0.3, -0.25) is 14.5 Å². The summed E-state index contributed by atoms with van der Waals surface area (Å²) in [5, 5.41) is 0.513. The molecule has 1 amide bonds. The highest BCUT2D eigenvalue weighted by Crippen LogP contribution is 2.38. The van der Waals surface area contributed by atoms with E-state index in [4.69, 9.17) is 39.8 Å². The molecule has 1 aromatic heterocycles. The first-order valence-corrected chi connectivity index (χ1v) is 10.4. The summed E-state index contributed by atoms with van der Waals surface area (Å²) in [7, 11) is 0. The van der Waals surface area contributed by atoms with Gasteiger partial charge in [-0.25, -0.2) is 0 Å². The summed E-state index contributed by atoms with van der Waals surface area (Å²) in [4.78, 5) is 26.7. The van der Waals surface area contributed by atoms with Gasteiger partial charge in [0.15, 0.2) is 15.3 Å². The molecule has 0 radical (unpaired) electrons. The Hall–Kier alpha value is -2.33. The normalized spacial score (nSPS) is 16.0. The molecule has 0 unspecified atom stereocenters. The van der Waals surface area contributed by atoms with E-state index in [9.17, 15) is 22.8 Å². The van der Waals surface area contributed by atoms with Crippen LogP contribution in [-0.2, 0) is 11.0 Å². The number of benzene rings is 2. The number of nitrogens with zero attached hydrogens (tertiary/aromatic N) is 1. The molecule has 0 bridgehead atoms. The first-order valence-electron chi connectivity index (χ1n) is 8.42. The van der Waals surface area contributed by atoms with Crippen molar-refractivity contribution >= 4 is 80.1 Å². The van der Waals surface area contributed by atoms with Crippen molar-refractivity contribution in [2.75, 3.05) is 4.90 Å². The Kier molecular flexibility index (Phi) is 5.63. The van der Waals surface area contributed by atoms with Crippen molar-refractivity contribution < 1.29 is 22.4 Å². The Morgan fingerprint density at radius 1 is 1.13 bits per heavy atom. The summed E-state index contributed by atoms with van der Waals surface area (Å²) in [5.74, 6) is -0.655. The van der Waals surface area contributed by atoms with E-state index in [1.807, 2.05) is 0 Å². The zero-order chi connectivity index (χ0) is 22.5. The van der Waals surface area contributed by atoms with Crippen LogP contribution in [0.2, 0.25) is 10.0 Å². The molecule has 0 aliphatic carbocycles. The zero-order valence-electron chi connectivity index (χ0n) is 15.0. The maximum atomic E-state index is 13.0. The van der Waals surface area contributed by atoms with Gasteiger partial charge in [-0.2, -0.15) is 13.2 Å². The fourth-order valence-electron chi connectivity index (χ4n) is 2.93. The molecule has 11 heteroatoms. The number of rotatable bonds is 2. The second-order valence-corrected chi connectivity index (χ2v) is 8.87. The average molecular weight is 502 g/mol. The molecule has 31 heavy (non-hydrogen) atoms. The van der Waals surface area contributed by atoms with Gasteiger partial charge in [-0.15, -0.1) is 0 Å². The first-order chi connectivity index (χ1) is 14.6. The fraction of sp³-hybridized carbons (Fsp3) is 0.0500. The average Bonchev–Trinajstić information content (AvgIpc) is 2.97. The number of halogens is 5. The maximum absolute atomic E-state index is 13.0. The second-order valence-electron chi connectivity index (χ2n) is 6.35. The van der Waals surface area contributed by atoms with Gasteiger partial charge in [0.2, 0.25) is 0 Å². The number of hydrogen-bond donors (Lipinski definition) is 0. The molecule has 1 aliphatic rings. The largest absolute Gasteiger partial charge is 0.462 e. The van der Waals surface area contributed by atoms with Crippen molar-refractivity contribution in [3.05, 3.63) is 79.0 Å². The van der Waals surface area contributed by atoms with Gasteiger partial charge >= 0.3 is 6.18 Å². The monoisotopic (exact) mass is 501 g/mol. The molecule has 1 aliphatic heterocycles. The molecule has 0 saturated carbocycles. The van der Waals surface area contributed by atoms with E-state index < -0.39 is 23.1 Å². The minimum atomic E-state index is -4.57. The van der Waals surface area contributed by atoms with Crippen LogP contribution in [0.4, 0.5) is 18.9 Å². The third-order valence-electron chi connectivity index (χ3n) is 4.33. The molecule has 0 N–H and O–H groups in total. The van der Waals surface area contributed by atoms with E-state index in [0.717, 1.165) is 35.1 Å². The molecule has 2 heterocycles. The summed E-state index contributed by atoms with van der Waals surface area (Å²) in [5.41, 5.74) is -1.23. The lowest BCUT2D eigenvalue weighted by Crippen LogP contribution is -2.27. The molecule has 1 saturated heterocycles. The van der Waals surface area contributed by atoms with Crippen molar-refractivity contribution in [1.29, 1.82) is 0 Å². The summed E-state index contributed by atoms with van der Waals surface area (Å²) in [6, 6.07) is 7.08. The number of thiocarbonyl (C=S) groups is 1. The van der Waals surface area contributed by atoms with E-state index in [2.05, 4.69) is 0 Å². The summed E-state index contributed by atoms with van der Waals surface area (Å²) >= 11 is 18.0. The van der Waals surface area contributed by atoms with Crippen LogP contribution in [0, 0.1) is 0 Å². The van der Waals surface area contributed by atoms with Crippen LogP contribution in [0.15, 0.2) is 56.8 Å². The van der Waals surface area contributed by atoms with Gasteiger partial charge in [0.1, 0.15) is 6.26 Å². The molecule has 0 atom stereocenters. The Morgan fingerprint density at radius 3 is 2.58 bits per heavy atom. The van der Waals surface area contributed by atoms with Crippen LogP contribution in [-0.4, -0.2) is 10.2 Å². The number of thioether (sulfide) groups is 1. The zero-order valence-corrected chi connectivity index (χ0v) is 18.1. The number of carbonyl (C=O) groups is 1. The van der Waals surface area contributed by atoms with Gasteiger partial charge in [-0.1, -0.05) is 53.2 Å². The van der Waals surface area contributed by atoms with Gasteiger partial charge < -0.3 is 4.42 Å². The van der Waals surface area contributed by atoms with E-state index >= 15 is 0 Å². The minimum absolute atomic E-state index is 0.0233. The van der Waals surface area contributed by atoms with E-state index in [-0.39, 0.29) is 41.5 Å². The molecule has 4 nitrogen and oxygen atoms in total. The number of anilines is 1. The summed E-state index contributed by atoms with van der Waals surface area (Å²) < 4.78 is 44.5. The fourth-order valence-corrected chi connectivity index (χ4v) is 4.76. The molecular weight excluding hydrogens is 494 g/mol. The van der Waals surface area contributed by atoms with Crippen LogP contribution in [0.5, 0.6) is 0 Å².